The molecule has 1 aliphatic rings. The van der Waals surface area contributed by atoms with Gasteiger partial charge in [0.05, 0.1) is 6.10 Å². The fraction of sp³-hybridized carbons (Fsp3) is 0.714. The third kappa shape index (κ3) is 3.55. The number of halogens is 1. The Labute approximate surface area is 116 Å². The minimum atomic E-state index is -1.66. The molecule has 0 aliphatic heterocycles. The third-order valence-corrected chi connectivity index (χ3v) is 9.36. The van der Waals surface area contributed by atoms with Gasteiger partial charge in [-0.15, -0.1) is 6.58 Å². The Morgan fingerprint density at radius 1 is 1.47 bits per heavy atom. The predicted octanol–water partition coefficient (Wildman–Crippen LogP) is 5.40. The summed E-state index contributed by atoms with van der Waals surface area (Å²) in [5.74, 6) is 0. The highest BCUT2D eigenvalue weighted by molar-refractivity contribution is 9.11. The molecular weight excluding hydrogens is 292 g/mol. The minimum Gasteiger partial charge on any atom is -0.410 e. The zero-order chi connectivity index (χ0) is 13.3. The summed E-state index contributed by atoms with van der Waals surface area (Å²) in [5.41, 5.74) is 1.41. The van der Waals surface area contributed by atoms with Crippen LogP contribution < -0.4 is 0 Å². The van der Waals surface area contributed by atoms with Gasteiger partial charge in [0.1, 0.15) is 0 Å². The molecule has 0 saturated carbocycles. The van der Waals surface area contributed by atoms with E-state index in [2.05, 4.69) is 56.4 Å². The van der Waals surface area contributed by atoms with Gasteiger partial charge in [0.15, 0.2) is 8.32 Å². The maximum absolute atomic E-state index is 6.50. The molecule has 0 aromatic heterocycles. The van der Waals surface area contributed by atoms with E-state index in [1.54, 1.807) is 0 Å². The van der Waals surface area contributed by atoms with Crippen molar-refractivity contribution in [3.63, 3.8) is 0 Å². The van der Waals surface area contributed by atoms with E-state index < -0.39 is 8.32 Å². The molecule has 1 atom stereocenters. The summed E-state index contributed by atoms with van der Waals surface area (Å²) in [6, 6.07) is 0. The molecule has 1 unspecified atom stereocenters. The Morgan fingerprint density at radius 2 is 2.06 bits per heavy atom. The lowest BCUT2D eigenvalue weighted by molar-refractivity contribution is 0.212. The van der Waals surface area contributed by atoms with Crippen molar-refractivity contribution in [2.45, 2.75) is 64.3 Å². The van der Waals surface area contributed by atoms with Crippen molar-refractivity contribution in [2.75, 3.05) is 0 Å². The summed E-state index contributed by atoms with van der Waals surface area (Å²) >= 11 is 3.67. The molecule has 1 nitrogen and oxygen atoms in total. The van der Waals surface area contributed by atoms with Crippen molar-refractivity contribution in [1.82, 2.24) is 0 Å². The normalized spacial score (nSPS) is 22.1. The quantitative estimate of drug-likeness (QED) is 0.498. The van der Waals surface area contributed by atoms with Crippen LogP contribution in [0.2, 0.25) is 18.1 Å². The molecular formula is C14H25BrOSi. The monoisotopic (exact) mass is 316 g/mol. The molecule has 98 valence electrons. The average Bonchev–Trinajstić information content (AvgIpc) is 2.48. The Bertz CT molecular complexity index is 326. The van der Waals surface area contributed by atoms with E-state index in [1.165, 1.54) is 10.1 Å². The van der Waals surface area contributed by atoms with Crippen LogP contribution in [-0.4, -0.2) is 14.4 Å². The van der Waals surface area contributed by atoms with Crippen LogP contribution in [0.4, 0.5) is 0 Å². The standard InChI is InChI=1S/C14H25BrOSi/c1-7-8-11-12(15)9-10-13(11)16-17(5,6)14(2,3)4/h7,13H,1,8-10H2,2-6H3. The summed E-state index contributed by atoms with van der Waals surface area (Å²) in [6.45, 7) is 15.4. The van der Waals surface area contributed by atoms with E-state index in [0.717, 1.165) is 19.3 Å². The van der Waals surface area contributed by atoms with Crippen LogP contribution in [0, 0.1) is 0 Å². The largest absolute Gasteiger partial charge is 0.410 e. The van der Waals surface area contributed by atoms with Gasteiger partial charge >= 0.3 is 0 Å². The van der Waals surface area contributed by atoms with Gasteiger partial charge in [-0.25, -0.2) is 0 Å². The summed E-state index contributed by atoms with van der Waals surface area (Å²) in [5, 5.41) is 0.279. The first kappa shape index (κ1) is 15.2. The maximum atomic E-state index is 6.50. The number of allylic oxidation sites excluding steroid dienone is 2. The second-order valence-electron chi connectivity index (χ2n) is 6.33. The smallest absolute Gasteiger partial charge is 0.192 e. The second-order valence-corrected chi connectivity index (χ2v) is 12.0. The lowest BCUT2D eigenvalue weighted by atomic mass is 10.1. The zero-order valence-electron chi connectivity index (χ0n) is 11.8. The first-order valence-electron chi connectivity index (χ1n) is 6.35. The molecule has 0 heterocycles. The van der Waals surface area contributed by atoms with Crippen molar-refractivity contribution in [1.29, 1.82) is 0 Å². The van der Waals surface area contributed by atoms with E-state index in [4.69, 9.17) is 4.43 Å². The highest BCUT2D eigenvalue weighted by Gasteiger charge is 2.40. The van der Waals surface area contributed by atoms with Crippen LogP contribution in [0.15, 0.2) is 22.7 Å². The molecule has 0 fully saturated rings. The fourth-order valence-electron chi connectivity index (χ4n) is 1.83. The van der Waals surface area contributed by atoms with Crippen LogP contribution in [0.1, 0.15) is 40.0 Å². The molecule has 0 spiro atoms. The zero-order valence-corrected chi connectivity index (χ0v) is 14.4. The minimum absolute atomic E-state index is 0.279. The van der Waals surface area contributed by atoms with Crippen LogP contribution in [-0.2, 0) is 4.43 Å². The molecule has 0 aromatic carbocycles. The molecule has 0 N–H and O–H groups in total. The lowest BCUT2D eigenvalue weighted by Crippen LogP contribution is -2.43. The highest BCUT2D eigenvalue weighted by atomic mass is 79.9. The summed E-state index contributed by atoms with van der Waals surface area (Å²) in [4.78, 5) is 0. The van der Waals surface area contributed by atoms with Gasteiger partial charge in [0, 0.05) is 0 Å². The van der Waals surface area contributed by atoms with Crippen molar-refractivity contribution < 1.29 is 4.43 Å². The van der Waals surface area contributed by atoms with Crippen molar-refractivity contribution in [3.8, 4) is 0 Å². The van der Waals surface area contributed by atoms with E-state index in [0.29, 0.717) is 6.10 Å². The topological polar surface area (TPSA) is 9.23 Å². The van der Waals surface area contributed by atoms with Gasteiger partial charge in [0.25, 0.3) is 0 Å². The van der Waals surface area contributed by atoms with Gasteiger partial charge in [0.2, 0.25) is 0 Å². The predicted molar refractivity (Wildman–Crippen MR) is 82.1 cm³/mol. The molecule has 3 heteroatoms. The second kappa shape index (κ2) is 5.41. The third-order valence-electron chi connectivity index (χ3n) is 3.97. The first-order chi connectivity index (χ1) is 7.69. The van der Waals surface area contributed by atoms with Crippen LogP contribution in [0.5, 0.6) is 0 Å². The molecule has 0 aromatic rings. The van der Waals surface area contributed by atoms with Gasteiger partial charge in [-0.1, -0.05) is 42.8 Å². The fourth-order valence-corrected chi connectivity index (χ4v) is 3.80. The van der Waals surface area contributed by atoms with Crippen LogP contribution in [0.25, 0.3) is 0 Å². The average molecular weight is 317 g/mol. The lowest BCUT2D eigenvalue weighted by Gasteiger charge is -2.39. The van der Waals surface area contributed by atoms with Crippen molar-refractivity contribution >= 4 is 24.2 Å². The highest BCUT2D eigenvalue weighted by Crippen LogP contribution is 2.42. The number of hydrogen-bond donors (Lipinski definition) is 0. The van der Waals surface area contributed by atoms with Gasteiger partial charge in [-0.3, -0.25) is 0 Å². The molecule has 0 amide bonds. The Kier molecular flexibility index (Phi) is 4.84. The molecule has 0 bridgehead atoms. The van der Waals surface area contributed by atoms with Crippen LogP contribution in [0.3, 0.4) is 0 Å². The summed E-state index contributed by atoms with van der Waals surface area (Å²) < 4.78 is 7.84. The van der Waals surface area contributed by atoms with E-state index in [-0.39, 0.29) is 5.04 Å². The van der Waals surface area contributed by atoms with Crippen LogP contribution >= 0.6 is 15.9 Å². The van der Waals surface area contributed by atoms with Gasteiger partial charge in [-0.05, 0) is 47.5 Å². The van der Waals surface area contributed by atoms with E-state index in [9.17, 15) is 0 Å². The Morgan fingerprint density at radius 3 is 2.53 bits per heavy atom. The van der Waals surface area contributed by atoms with Crippen molar-refractivity contribution in [2.24, 2.45) is 0 Å². The Balaban J connectivity index is 2.80. The SMILES string of the molecule is C=CCC1=C(Br)CCC1O[Si](C)(C)C(C)(C)C. The van der Waals surface area contributed by atoms with Crippen molar-refractivity contribution in [3.05, 3.63) is 22.7 Å². The summed E-state index contributed by atoms with van der Waals surface area (Å²) in [6.07, 6.45) is 5.46. The molecule has 0 radical (unpaired) electrons. The van der Waals surface area contributed by atoms with E-state index >= 15 is 0 Å². The maximum Gasteiger partial charge on any atom is 0.192 e. The van der Waals surface area contributed by atoms with Gasteiger partial charge in [-0.2, -0.15) is 0 Å². The van der Waals surface area contributed by atoms with E-state index in [1.807, 2.05) is 6.08 Å². The molecule has 0 saturated heterocycles. The summed E-state index contributed by atoms with van der Waals surface area (Å²) in [7, 11) is -1.66. The number of hydrogen-bond acceptors (Lipinski definition) is 1. The molecule has 1 aliphatic carbocycles. The van der Waals surface area contributed by atoms with Gasteiger partial charge < -0.3 is 4.43 Å². The number of rotatable bonds is 4. The first-order valence-corrected chi connectivity index (χ1v) is 10.1. The molecule has 1 rings (SSSR count). The Hall–Kier alpha value is 0.137. The molecule has 17 heavy (non-hydrogen) atoms.